The lowest BCUT2D eigenvalue weighted by Crippen LogP contribution is -2.48. The Morgan fingerprint density at radius 2 is 1.86 bits per heavy atom. The minimum Gasteiger partial charge on any atom is -0.353 e. The largest absolute Gasteiger partial charge is 0.353 e. The molecule has 0 saturated heterocycles. The van der Waals surface area contributed by atoms with Gasteiger partial charge in [0.05, 0.1) is 11.9 Å². The van der Waals surface area contributed by atoms with E-state index in [1.54, 1.807) is 43.8 Å². The summed E-state index contributed by atoms with van der Waals surface area (Å²) in [5, 5.41) is 3.91. The second kappa shape index (κ2) is 10.6. The van der Waals surface area contributed by atoms with E-state index in [-0.39, 0.29) is 5.91 Å². The van der Waals surface area contributed by atoms with Gasteiger partial charge in [-0.05, 0) is 49.2 Å². The second-order valence-corrected chi connectivity index (χ2v) is 10.5. The highest BCUT2D eigenvalue weighted by Gasteiger charge is 2.30. The Hall–Kier alpha value is -1.41. The molecule has 158 valence electrons. The van der Waals surface area contributed by atoms with Crippen molar-refractivity contribution in [2.45, 2.75) is 25.6 Å². The fourth-order valence-corrected chi connectivity index (χ4v) is 5.22. The van der Waals surface area contributed by atoms with E-state index < -0.39 is 16.1 Å². The lowest BCUT2D eigenvalue weighted by Gasteiger charge is -2.29. The maximum absolute atomic E-state index is 12.6. The van der Waals surface area contributed by atoms with Crippen LogP contribution in [0.25, 0.3) is 0 Å². The predicted molar refractivity (Wildman–Crippen MR) is 124 cm³/mol. The van der Waals surface area contributed by atoms with Crippen LogP contribution in [-0.2, 0) is 20.6 Å². The lowest BCUT2D eigenvalue weighted by molar-refractivity contribution is -0.121. The first-order valence-corrected chi connectivity index (χ1v) is 12.7. The number of nitrogens with zero attached hydrogens (tertiary/aromatic N) is 1. The standard InChI is InChI=1S/C20H24Cl2N2O3S2/c1-14-7-8-18(22)12-19(14)24(29(3,26)27)15(2)20(25)23-9-10-28-13-16-5-4-6-17(21)11-16/h4-8,11-12,15H,9-10,13H2,1-3H3,(H,23,25)/t15-/m1/s1. The minimum atomic E-state index is -3.68. The van der Waals surface area contributed by atoms with E-state index in [0.29, 0.717) is 28.0 Å². The number of anilines is 1. The number of thioether (sulfide) groups is 1. The van der Waals surface area contributed by atoms with Gasteiger partial charge in [0.15, 0.2) is 0 Å². The van der Waals surface area contributed by atoms with Crippen molar-refractivity contribution < 1.29 is 13.2 Å². The molecule has 9 heteroatoms. The zero-order valence-electron chi connectivity index (χ0n) is 16.5. The Kier molecular flexibility index (Phi) is 8.70. The van der Waals surface area contributed by atoms with Gasteiger partial charge >= 0.3 is 0 Å². The summed E-state index contributed by atoms with van der Waals surface area (Å²) in [6.07, 6.45) is 1.08. The van der Waals surface area contributed by atoms with Crippen molar-refractivity contribution in [2.24, 2.45) is 0 Å². The highest BCUT2D eigenvalue weighted by Crippen LogP contribution is 2.28. The van der Waals surface area contributed by atoms with Crippen LogP contribution < -0.4 is 9.62 Å². The van der Waals surface area contributed by atoms with Crippen molar-refractivity contribution >= 4 is 56.6 Å². The number of hydrogen-bond acceptors (Lipinski definition) is 4. The van der Waals surface area contributed by atoms with Gasteiger partial charge in [-0.15, -0.1) is 0 Å². The molecule has 1 amide bonds. The smallest absolute Gasteiger partial charge is 0.243 e. The molecule has 0 aliphatic carbocycles. The molecule has 0 unspecified atom stereocenters. The van der Waals surface area contributed by atoms with Crippen molar-refractivity contribution in [3.05, 3.63) is 63.6 Å². The minimum absolute atomic E-state index is 0.363. The number of carbonyl (C=O) groups is 1. The average molecular weight is 475 g/mol. The number of carbonyl (C=O) groups excluding carboxylic acids is 1. The molecule has 2 aromatic carbocycles. The first kappa shape index (κ1) is 23.9. The number of sulfonamides is 1. The van der Waals surface area contributed by atoms with Crippen LogP contribution in [0.1, 0.15) is 18.1 Å². The molecular formula is C20H24Cl2N2O3S2. The molecule has 2 aromatic rings. The Morgan fingerprint density at radius 1 is 1.17 bits per heavy atom. The summed E-state index contributed by atoms with van der Waals surface area (Å²) in [7, 11) is -3.68. The number of hydrogen-bond donors (Lipinski definition) is 1. The maximum atomic E-state index is 12.6. The molecular weight excluding hydrogens is 451 g/mol. The quantitative estimate of drug-likeness (QED) is 0.543. The molecule has 0 aliphatic rings. The van der Waals surface area contributed by atoms with Crippen molar-refractivity contribution in [1.82, 2.24) is 5.32 Å². The number of aryl methyl sites for hydroxylation is 1. The van der Waals surface area contributed by atoms with E-state index in [1.165, 1.54) is 0 Å². The summed E-state index contributed by atoms with van der Waals surface area (Å²) in [5.41, 5.74) is 2.23. The van der Waals surface area contributed by atoms with E-state index in [0.717, 1.165) is 27.4 Å². The van der Waals surface area contributed by atoms with Crippen molar-refractivity contribution in [3.63, 3.8) is 0 Å². The molecule has 2 rings (SSSR count). The first-order chi connectivity index (χ1) is 13.6. The molecule has 0 radical (unpaired) electrons. The van der Waals surface area contributed by atoms with Gasteiger partial charge in [0.2, 0.25) is 15.9 Å². The molecule has 0 aliphatic heterocycles. The Bertz CT molecular complexity index is 968. The highest BCUT2D eigenvalue weighted by atomic mass is 35.5. The van der Waals surface area contributed by atoms with Crippen LogP contribution in [0.5, 0.6) is 0 Å². The van der Waals surface area contributed by atoms with E-state index in [9.17, 15) is 13.2 Å². The molecule has 0 bridgehead atoms. The van der Waals surface area contributed by atoms with Crippen LogP contribution >= 0.6 is 35.0 Å². The third-order valence-corrected chi connectivity index (χ3v) is 6.93. The molecule has 29 heavy (non-hydrogen) atoms. The number of rotatable bonds is 9. The van der Waals surface area contributed by atoms with Crippen molar-refractivity contribution in [3.8, 4) is 0 Å². The van der Waals surface area contributed by atoms with Gasteiger partial charge in [-0.3, -0.25) is 9.10 Å². The predicted octanol–water partition coefficient (Wildman–Crippen LogP) is 4.51. The Morgan fingerprint density at radius 3 is 2.52 bits per heavy atom. The Labute approximate surface area is 186 Å². The zero-order chi connectivity index (χ0) is 21.6. The van der Waals surface area contributed by atoms with Crippen LogP contribution in [0.15, 0.2) is 42.5 Å². The fraction of sp³-hybridized carbons (Fsp3) is 0.350. The topological polar surface area (TPSA) is 66.5 Å². The van der Waals surface area contributed by atoms with Gasteiger partial charge < -0.3 is 5.32 Å². The van der Waals surface area contributed by atoms with Gasteiger partial charge in [0.1, 0.15) is 6.04 Å². The summed E-state index contributed by atoms with van der Waals surface area (Å²) in [6, 6.07) is 11.7. The second-order valence-electron chi connectivity index (χ2n) is 6.64. The van der Waals surface area contributed by atoms with Crippen molar-refractivity contribution in [2.75, 3.05) is 22.9 Å². The fourth-order valence-electron chi connectivity index (χ4n) is 2.81. The molecule has 0 saturated carbocycles. The van der Waals surface area contributed by atoms with Gasteiger partial charge in [-0.2, -0.15) is 11.8 Å². The van der Waals surface area contributed by atoms with Crippen LogP contribution in [0, 0.1) is 6.92 Å². The molecule has 0 fully saturated rings. The molecule has 1 N–H and O–H groups in total. The SMILES string of the molecule is Cc1ccc(Cl)cc1N([C@H](C)C(=O)NCCSCc1cccc(Cl)c1)S(C)(=O)=O. The van der Waals surface area contributed by atoms with Crippen molar-refractivity contribution in [1.29, 1.82) is 0 Å². The summed E-state index contributed by atoms with van der Waals surface area (Å²) in [5.74, 6) is 1.11. The third-order valence-electron chi connectivity index (χ3n) is 4.20. The highest BCUT2D eigenvalue weighted by molar-refractivity contribution is 7.98. The van der Waals surface area contributed by atoms with Gasteiger partial charge in [-0.1, -0.05) is 41.4 Å². The van der Waals surface area contributed by atoms with E-state index in [4.69, 9.17) is 23.2 Å². The summed E-state index contributed by atoms with van der Waals surface area (Å²) in [6.45, 7) is 3.78. The van der Waals surface area contributed by atoms with Crippen LogP contribution in [0.3, 0.4) is 0 Å². The number of benzene rings is 2. The molecule has 0 heterocycles. The summed E-state index contributed by atoms with van der Waals surface area (Å²) < 4.78 is 25.9. The monoisotopic (exact) mass is 474 g/mol. The molecule has 0 spiro atoms. The molecule has 1 atom stereocenters. The lowest BCUT2D eigenvalue weighted by atomic mass is 10.2. The maximum Gasteiger partial charge on any atom is 0.243 e. The van der Waals surface area contributed by atoms with Gasteiger partial charge in [0.25, 0.3) is 0 Å². The third kappa shape index (κ3) is 7.10. The number of amides is 1. The van der Waals surface area contributed by atoms with Crippen LogP contribution in [0.2, 0.25) is 10.0 Å². The van der Waals surface area contributed by atoms with Gasteiger partial charge in [0, 0.05) is 28.1 Å². The number of halogens is 2. The number of nitrogens with one attached hydrogen (secondary N) is 1. The van der Waals surface area contributed by atoms with E-state index in [2.05, 4.69) is 5.32 Å². The van der Waals surface area contributed by atoms with Crippen LogP contribution in [-0.4, -0.2) is 38.9 Å². The molecule has 0 aromatic heterocycles. The van der Waals surface area contributed by atoms with Gasteiger partial charge in [-0.25, -0.2) is 8.42 Å². The molecule has 5 nitrogen and oxygen atoms in total. The van der Waals surface area contributed by atoms with E-state index >= 15 is 0 Å². The average Bonchev–Trinajstić information content (AvgIpc) is 2.63. The normalized spacial score (nSPS) is 12.4. The Balaban J connectivity index is 1.96. The summed E-state index contributed by atoms with van der Waals surface area (Å²) in [4.78, 5) is 12.6. The first-order valence-electron chi connectivity index (χ1n) is 8.95. The summed E-state index contributed by atoms with van der Waals surface area (Å²) >= 11 is 13.7. The van der Waals surface area contributed by atoms with Crippen LogP contribution in [0.4, 0.5) is 5.69 Å². The zero-order valence-corrected chi connectivity index (χ0v) is 19.6. The van der Waals surface area contributed by atoms with E-state index in [1.807, 2.05) is 24.3 Å².